The maximum absolute atomic E-state index is 13.4. The summed E-state index contributed by atoms with van der Waals surface area (Å²) in [7, 11) is 0. The largest absolute Gasteiger partial charge is 0.454 e. The van der Waals surface area contributed by atoms with Crippen molar-refractivity contribution in [3.05, 3.63) is 88.7 Å². The second-order valence-corrected chi connectivity index (χ2v) is 9.58. The molecule has 1 aliphatic rings. The van der Waals surface area contributed by atoms with Gasteiger partial charge in [-0.2, -0.15) is 0 Å². The predicted octanol–water partition coefficient (Wildman–Crippen LogP) is 3.56. The highest BCUT2D eigenvalue weighted by Crippen LogP contribution is 2.32. The van der Waals surface area contributed by atoms with Gasteiger partial charge in [-0.05, 0) is 48.9 Å². The zero-order chi connectivity index (χ0) is 24.6. The summed E-state index contributed by atoms with van der Waals surface area (Å²) in [6.07, 6.45) is 0. The Balaban J connectivity index is 1.30. The standard InChI is InChI=1S/C26H21N5O4S/c1-16(23(32)27-14-17-11-12-21-22(13-17)35-15-34-21)36-26-29-28-25-30(18-7-3-2-4-8-18)24(33)19-9-5-6-10-20(19)31(25)26/h2-13,16H,14-15H2,1H3,(H,27,32)/t16-/m1/s1. The molecule has 0 unspecified atom stereocenters. The molecule has 9 nitrogen and oxygen atoms in total. The van der Waals surface area contributed by atoms with E-state index in [1.807, 2.05) is 78.1 Å². The summed E-state index contributed by atoms with van der Waals surface area (Å²) in [4.78, 5) is 26.3. The summed E-state index contributed by atoms with van der Waals surface area (Å²) >= 11 is 1.28. The van der Waals surface area contributed by atoms with Crippen LogP contribution in [0.3, 0.4) is 0 Å². The Morgan fingerprint density at radius 2 is 1.81 bits per heavy atom. The van der Waals surface area contributed by atoms with Gasteiger partial charge in [0.25, 0.3) is 5.56 Å². The first kappa shape index (κ1) is 22.2. The smallest absolute Gasteiger partial charge is 0.267 e. The molecule has 0 spiro atoms. The van der Waals surface area contributed by atoms with Gasteiger partial charge in [0.15, 0.2) is 16.7 Å². The minimum absolute atomic E-state index is 0.143. The summed E-state index contributed by atoms with van der Waals surface area (Å²) in [5, 5.41) is 12.3. The van der Waals surface area contributed by atoms with Gasteiger partial charge in [-0.15, -0.1) is 10.2 Å². The summed E-state index contributed by atoms with van der Waals surface area (Å²) in [5.74, 6) is 1.62. The van der Waals surface area contributed by atoms with Crippen molar-refractivity contribution < 1.29 is 14.3 Å². The highest BCUT2D eigenvalue weighted by atomic mass is 32.2. The van der Waals surface area contributed by atoms with E-state index >= 15 is 0 Å². The molecule has 6 rings (SSSR count). The van der Waals surface area contributed by atoms with E-state index in [1.54, 1.807) is 10.6 Å². The third-order valence-corrected chi connectivity index (χ3v) is 7.01. The topological polar surface area (TPSA) is 99.8 Å². The van der Waals surface area contributed by atoms with E-state index in [1.165, 1.54) is 11.8 Å². The molecule has 0 aliphatic carbocycles. The molecule has 0 saturated carbocycles. The first-order chi connectivity index (χ1) is 17.6. The quantitative estimate of drug-likeness (QED) is 0.357. The van der Waals surface area contributed by atoms with Crippen LogP contribution in [0, 0.1) is 0 Å². The van der Waals surface area contributed by atoms with Crippen LogP contribution in [0.15, 0.2) is 82.7 Å². The van der Waals surface area contributed by atoms with Gasteiger partial charge in [0.1, 0.15) is 0 Å². The van der Waals surface area contributed by atoms with Crippen molar-refractivity contribution in [2.24, 2.45) is 0 Å². The Labute approximate surface area is 209 Å². The Morgan fingerprint density at radius 3 is 2.67 bits per heavy atom. The van der Waals surface area contributed by atoms with Gasteiger partial charge in [-0.25, -0.2) is 4.57 Å². The molecule has 1 N–H and O–H groups in total. The maximum atomic E-state index is 13.4. The van der Waals surface area contributed by atoms with Gasteiger partial charge in [0.05, 0.1) is 21.8 Å². The lowest BCUT2D eigenvalue weighted by molar-refractivity contribution is -0.120. The van der Waals surface area contributed by atoms with Crippen LogP contribution >= 0.6 is 11.8 Å². The van der Waals surface area contributed by atoms with Crippen LogP contribution in [-0.2, 0) is 11.3 Å². The number of ether oxygens (including phenoxy) is 2. The molecule has 0 fully saturated rings. The number of para-hydroxylation sites is 2. The SMILES string of the molecule is C[C@@H](Sc1nnc2n(-c3ccccc3)c(=O)c3ccccc3n12)C(=O)NCc1ccc2c(c1)OCO2. The lowest BCUT2D eigenvalue weighted by Gasteiger charge is -2.13. The molecule has 0 bridgehead atoms. The lowest BCUT2D eigenvalue weighted by Crippen LogP contribution is -2.30. The first-order valence-corrected chi connectivity index (χ1v) is 12.3. The van der Waals surface area contributed by atoms with Crippen LogP contribution in [-0.4, -0.2) is 37.1 Å². The van der Waals surface area contributed by atoms with E-state index < -0.39 is 5.25 Å². The molecule has 0 radical (unpaired) electrons. The molecule has 3 heterocycles. The van der Waals surface area contributed by atoms with Crippen LogP contribution in [0.4, 0.5) is 0 Å². The summed E-state index contributed by atoms with van der Waals surface area (Å²) in [5.41, 5.74) is 2.11. The Hall–Kier alpha value is -4.31. The van der Waals surface area contributed by atoms with Gasteiger partial charge in [-0.1, -0.05) is 48.2 Å². The third-order valence-electron chi connectivity index (χ3n) is 5.96. The molecule has 0 saturated heterocycles. The van der Waals surface area contributed by atoms with Crippen molar-refractivity contribution >= 4 is 34.3 Å². The summed E-state index contributed by atoms with van der Waals surface area (Å²) in [6, 6.07) is 22.3. The molecule has 180 valence electrons. The number of nitrogens with zero attached hydrogens (tertiary/aromatic N) is 4. The number of amides is 1. The molecule has 5 aromatic rings. The number of hydrogen-bond donors (Lipinski definition) is 1. The lowest BCUT2D eigenvalue weighted by atomic mass is 10.2. The van der Waals surface area contributed by atoms with E-state index in [-0.39, 0.29) is 18.3 Å². The third kappa shape index (κ3) is 3.85. The van der Waals surface area contributed by atoms with Crippen LogP contribution in [0.5, 0.6) is 11.5 Å². The van der Waals surface area contributed by atoms with Crippen molar-refractivity contribution in [3.8, 4) is 17.2 Å². The Kier molecular flexibility index (Phi) is 5.57. The van der Waals surface area contributed by atoms with Crippen molar-refractivity contribution in [2.45, 2.75) is 23.9 Å². The van der Waals surface area contributed by atoms with Crippen molar-refractivity contribution in [2.75, 3.05) is 6.79 Å². The molecule has 1 amide bonds. The number of aromatic nitrogens is 4. The highest BCUT2D eigenvalue weighted by molar-refractivity contribution is 8.00. The van der Waals surface area contributed by atoms with Crippen molar-refractivity contribution in [1.29, 1.82) is 0 Å². The van der Waals surface area contributed by atoms with E-state index in [0.717, 1.165) is 5.56 Å². The van der Waals surface area contributed by atoms with Gasteiger partial charge < -0.3 is 14.8 Å². The van der Waals surface area contributed by atoms with E-state index in [4.69, 9.17) is 9.47 Å². The molecule has 3 aromatic carbocycles. The van der Waals surface area contributed by atoms with E-state index in [9.17, 15) is 9.59 Å². The maximum Gasteiger partial charge on any atom is 0.267 e. The average molecular weight is 500 g/mol. The van der Waals surface area contributed by atoms with Crippen LogP contribution in [0.25, 0.3) is 22.4 Å². The van der Waals surface area contributed by atoms with Gasteiger partial charge in [0, 0.05) is 6.54 Å². The molecule has 1 atom stereocenters. The number of fused-ring (bicyclic) bond motifs is 4. The van der Waals surface area contributed by atoms with Gasteiger partial charge in [0.2, 0.25) is 18.5 Å². The fourth-order valence-electron chi connectivity index (χ4n) is 4.16. The Morgan fingerprint density at radius 1 is 1.03 bits per heavy atom. The van der Waals surface area contributed by atoms with Gasteiger partial charge >= 0.3 is 0 Å². The second-order valence-electron chi connectivity index (χ2n) is 8.28. The number of hydrogen-bond acceptors (Lipinski definition) is 7. The molecule has 1 aliphatic heterocycles. The van der Waals surface area contributed by atoms with E-state index in [0.29, 0.717) is 45.6 Å². The summed E-state index contributed by atoms with van der Waals surface area (Å²) < 4.78 is 14.1. The number of carbonyl (C=O) groups is 1. The fourth-order valence-corrected chi connectivity index (χ4v) is 5.04. The van der Waals surface area contributed by atoms with Gasteiger partial charge in [-0.3, -0.25) is 14.0 Å². The zero-order valence-corrected chi connectivity index (χ0v) is 20.1. The number of carbonyl (C=O) groups excluding carboxylic acids is 1. The number of benzene rings is 3. The van der Waals surface area contributed by atoms with Crippen LogP contribution in [0.2, 0.25) is 0 Å². The fraction of sp³-hybridized carbons (Fsp3) is 0.154. The molecule has 2 aromatic heterocycles. The molecule has 36 heavy (non-hydrogen) atoms. The van der Waals surface area contributed by atoms with Crippen LogP contribution < -0.4 is 20.3 Å². The minimum atomic E-state index is -0.456. The minimum Gasteiger partial charge on any atom is -0.454 e. The molecular formula is C26H21N5O4S. The number of rotatable bonds is 6. The normalized spacial score (nSPS) is 13.2. The van der Waals surface area contributed by atoms with Crippen LogP contribution in [0.1, 0.15) is 12.5 Å². The summed E-state index contributed by atoms with van der Waals surface area (Å²) in [6.45, 7) is 2.38. The Bertz CT molecular complexity index is 1660. The van der Waals surface area contributed by atoms with E-state index in [2.05, 4.69) is 15.5 Å². The number of thioether (sulfide) groups is 1. The second kappa shape index (κ2) is 9.04. The first-order valence-electron chi connectivity index (χ1n) is 11.4. The zero-order valence-electron chi connectivity index (χ0n) is 19.2. The number of nitrogens with one attached hydrogen (secondary N) is 1. The molecular weight excluding hydrogens is 478 g/mol. The average Bonchev–Trinajstić information content (AvgIpc) is 3.55. The highest BCUT2D eigenvalue weighted by Gasteiger charge is 2.22. The molecule has 10 heteroatoms. The van der Waals surface area contributed by atoms with Crippen molar-refractivity contribution in [1.82, 2.24) is 24.5 Å². The monoisotopic (exact) mass is 499 g/mol. The van der Waals surface area contributed by atoms with Crippen molar-refractivity contribution in [3.63, 3.8) is 0 Å². The predicted molar refractivity (Wildman–Crippen MR) is 136 cm³/mol.